The van der Waals surface area contributed by atoms with Gasteiger partial charge in [-0.25, -0.2) is 0 Å². The van der Waals surface area contributed by atoms with Gasteiger partial charge in [0.05, 0.1) is 6.10 Å². The second-order valence-corrected chi connectivity index (χ2v) is 6.65. The molecule has 0 aliphatic heterocycles. The normalized spacial score (nSPS) is 34.2. The third kappa shape index (κ3) is 3.42. The van der Waals surface area contributed by atoms with Gasteiger partial charge >= 0.3 is 0 Å². The minimum atomic E-state index is -0.0434. The number of hydrogen-bond acceptors (Lipinski definition) is 2. The zero-order valence-corrected chi connectivity index (χ0v) is 12.3. The first-order chi connectivity index (χ1) is 9.83. The molecule has 4 atom stereocenters. The van der Waals surface area contributed by atoms with Crippen LogP contribution in [0.15, 0.2) is 30.3 Å². The topological polar surface area (TPSA) is 32.3 Å². The molecular formula is C18H27NO. The van der Waals surface area contributed by atoms with Crippen molar-refractivity contribution in [2.24, 2.45) is 5.92 Å². The van der Waals surface area contributed by atoms with Crippen LogP contribution >= 0.6 is 0 Å². The highest BCUT2D eigenvalue weighted by Crippen LogP contribution is 2.33. The van der Waals surface area contributed by atoms with Gasteiger partial charge in [0.25, 0.3) is 0 Å². The predicted octanol–water partition coefficient (Wildman–Crippen LogP) is 3.46. The number of aliphatic hydroxyl groups is 1. The Labute approximate surface area is 122 Å². The lowest BCUT2D eigenvalue weighted by molar-refractivity contribution is 0.176. The van der Waals surface area contributed by atoms with Crippen LogP contribution in [0, 0.1) is 5.92 Å². The summed E-state index contributed by atoms with van der Waals surface area (Å²) in [5, 5.41) is 13.5. The third-order valence-electron chi connectivity index (χ3n) is 5.18. The summed E-state index contributed by atoms with van der Waals surface area (Å²) in [6.45, 7) is 1.09. The Bertz CT molecular complexity index is 405. The molecular weight excluding hydrogens is 246 g/mol. The highest BCUT2D eigenvalue weighted by Gasteiger charge is 2.28. The van der Waals surface area contributed by atoms with E-state index in [1.165, 1.54) is 37.7 Å². The van der Waals surface area contributed by atoms with Crippen molar-refractivity contribution in [1.82, 2.24) is 5.32 Å². The fraction of sp³-hybridized carbons (Fsp3) is 0.667. The van der Waals surface area contributed by atoms with Crippen molar-refractivity contribution in [3.8, 4) is 0 Å². The SMILES string of the molecule is OC1CCC(CNC2CCCCC2c2ccccc2)C1. The van der Waals surface area contributed by atoms with Gasteiger partial charge in [-0.15, -0.1) is 0 Å². The Morgan fingerprint density at radius 1 is 1.00 bits per heavy atom. The molecule has 0 spiro atoms. The standard InChI is InChI=1S/C18H27NO/c20-16-11-10-14(12-16)13-19-18-9-5-4-8-17(18)15-6-2-1-3-7-15/h1-3,6-7,14,16-20H,4-5,8-13H2. The first-order valence-electron chi connectivity index (χ1n) is 8.29. The Kier molecular flexibility index (Phi) is 4.74. The zero-order chi connectivity index (χ0) is 13.8. The smallest absolute Gasteiger partial charge is 0.0543 e. The van der Waals surface area contributed by atoms with Crippen molar-refractivity contribution in [3.05, 3.63) is 35.9 Å². The van der Waals surface area contributed by atoms with Crippen LogP contribution < -0.4 is 5.32 Å². The fourth-order valence-corrected chi connectivity index (χ4v) is 4.03. The maximum atomic E-state index is 9.64. The molecule has 0 saturated heterocycles. The van der Waals surface area contributed by atoms with Gasteiger partial charge in [0.1, 0.15) is 0 Å². The van der Waals surface area contributed by atoms with E-state index in [1.807, 2.05) is 0 Å². The molecule has 2 nitrogen and oxygen atoms in total. The van der Waals surface area contributed by atoms with Crippen LogP contribution in [0.4, 0.5) is 0 Å². The van der Waals surface area contributed by atoms with Crippen LogP contribution in [-0.2, 0) is 0 Å². The van der Waals surface area contributed by atoms with E-state index in [9.17, 15) is 5.11 Å². The van der Waals surface area contributed by atoms with Gasteiger partial charge in [0.2, 0.25) is 0 Å². The van der Waals surface area contributed by atoms with E-state index in [1.54, 1.807) is 0 Å². The molecule has 0 radical (unpaired) electrons. The maximum absolute atomic E-state index is 9.64. The van der Waals surface area contributed by atoms with Crippen LogP contribution in [0.3, 0.4) is 0 Å². The van der Waals surface area contributed by atoms with Crippen LogP contribution in [0.2, 0.25) is 0 Å². The van der Waals surface area contributed by atoms with E-state index in [4.69, 9.17) is 0 Å². The number of benzene rings is 1. The summed E-state index contributed by atoms with van der Waals surface area (Å²) in [6, 6.07) is 11.6. The average molecular weight is 273 g/mol. The monoisotopic (exact) mass is 273 g/mol. The van der Waals surface area contributed by atoms with E-state index in [2.05, 4.69) is 35.6 Å². The minimum absolute atomic E-state index is 0.0434. The summed E-state index contributed by atoms with van der Waals surface area (Å²) >= 11 is 0. The molecule has 20 heavy (non-hydrogen) atoms. The third-order valence-corrected chi connectivity index (χ3v) is 5.18. The van der Waals surface area contributed by atoms with Gasteiger partial charge in [0.15, 0.2) is 0 Å². The van der Waals surface area contributed by atoms with E-state index >= 15 is 0 Å². The average Bonchev–Trinajstić information content (AvgIpc) is 2.92. The van der Waals surface area contributed by atoms with Crippen molar-refractivity contribution >= 4 is 0 Å². The molecule has 1 aromatic carbocycles. The Morgan fingerprint density at radius 3 is 2.55 bits per heavy atom. The summed E-state index contributed by atoms with van der Waals surface area (Å²) in [5.74, 6) is 1.36. The molecule has 2 heteroatoms. The largest absolute Gasteiger partial charge is 0.393 e. The fourth-order valence-electron chi connectivity index (χ4n) is 4.03. The van der Waals surface area contributed by atoms with Crippen LogP contribution in [0.5, 0.6) is 0 Å². The quantitative estimate of drug-likeness (QED) is 0.880. The van der Waals surface area contributed by atoms with Crippen LogP contribution in [0.1, 0.15) is 56.4 Å². The minimum Gasteiger partial charge on any atom is -0.393 e. The number of aliphatic hydroxyl groups excluding tert-OH is 1. The maximum Gasteiger partial charge on any atom is 0.0543 e. The van der Waals surface area contributed by atoms with Crippen molar-refractivity contribution < 1.29 is 5.11 Å². The lowest BCUT2D eigenvalue weighted by atomic mass is 9.80. The van der Waals surface area contributed by atoms with Gasteiger partial charge in [-0.3, -0.25) is 0 Å². The van der Waals surface area contributed by atoms with Gasteiger partial charge in [-0.2, -0.15) is 0 Å². The molecule has 2 aliphatic carbocycles. The van der Waals surface area contributed by atoms with E-state index < -0.39 is 0 Å². The summed E-state index contributed by atoms with van der Waals surface area (Å²) in [7, 11) is 0. The van der Waals surface area contributed by atoms with Crippen molar-refractivity contribution in [2.75, 3.05) is 6.54 Å². The Hall–Kier alpha value is -0.860. The lowest BCUT2D eigenvalue weighted by Crippen LogP contribution is -2.39. The molecule has 4 unspecified atom stereocenters. The Balaban J connectivity index is 1.58. The zero-order valence-electron chi connectivity index (χ0n) is 12.3. The van der Waals surface area contributed by atoms with E-state index in [-0.39, 0.29) is 6.10 Å². The molecule has 0 amide bonds. The molecule has 3 rings (SSSR count). The number of hydrogen-bond donors (Lipinski definition) is 2. The van der Waals surface area contributed by atoms with Crippen molar-refractivity contribution in [2.45, 2.75) is 63.0 Å². The van der Waals surface area contributed by atoms with Gasteiger partial charge in [0, 0.05) is 6.04 Å². The van der Waals surface area contributed by atoms with Crippen LogP contribution in [0.25, 0.3) is 0 Å². The van der Waals surface area contributed by atoms with Gasteiger partial charge in [-0.05, 0) is 56.0 Å². The molecule has 2 saturated carbocycles. The molecule has 1 aromatic rings. The summed E-state index contributed by atoms with van der Waals surface area (Å²) in [5.41, 5.74) is 1.50. The molecule has 2 fully saturated rings. The lowest BCUT2D eigenvalue weighted by Gasteiger charge is -2.33. The van der Waals surface area contributed by atoms with Crippen LogP contribution in [-0.4, -0.2) is 23.8 Å². The molecule has 0 aromatic heterocycles. The summed E-state index contributed by atoms with van der Waals surface area (Å²) in [4.78, 5) is 0. The highest BCUT2D eigenvalue weighted by molar-refractivity contribution is 5.22. The van der Waals surface area contributed by atoms with Gasteiger partial charge in [-0.1, -0.05) is 43.2 Å². The highest BCUT2D eigenvalue weighted by atomic mass is 16.3. The molecule has 0 heterocycles. The molecule has 2 N–H and O–H groups in total. The van der Waals surface area contributed by atoms with E-state index in [0.717, 1.165) is 19.4 Å². The summed E-state index contributed by atoms with van der Waals surface area (Å²) < 4.78 is 0. The molecule has 110 valence electrons. The second kappa shape index (κ2) is 6.73. The second-order valence-electron chi connectivity index (χ2n) is 6.65. The van der Waals surface area contributed by atoms with Crippen molar-refractivity contribution in [1.29, 1.82) is 0 Å². The predicted molar refractivity (Wildman–Crippen MR) is 82.8 cm³/mol. The number of rotatable bonds is 4. The van der Waals surface area contributed by atoms with E-state index in [0.29, 0.717) is 17.9 Å². The molecule has 0 bridgehead atoms. The first kappa shape index (κ1) is 14.1. The molecule has 2 aliphatic rings. The first-order valence-corrected chi connectivity index (χ1v) is 8.29. The van der Waals surface area contributed by atoms with Gasteiger partial charge < -0.3 is 10.4 Å². The van der Waals surface area contributed by atoms with Crippen molar-refractivity contribution in [3.63, 3.8) is 0 Å². The number of nitrogens with one attached hydrogen (secondary N) is 1. The Morgan fingerprint density at radius 2 is 1.80 bits per heavy atom. The summed E-state index contributed by atoms with van der Waals surface area (Å²) in [6.07, 6.45) is 8.47.